The van der Waals surface area contributed by atoms with Crippen LogP contribution in [0.5, 0.6) is 0 Å². The van der Waals surface area contributed by atoms with E-state index < -0.39 is 0 Å². The van der Waals surface area contributed by atoms with E-state index in [0.29, 0.717) is 6.54 Å². The molecule has 1 atom stereocenters. The second-order valence-electron chi connectivity index (χ2n) is 8.11. The Morgan fingerprint density at radius 2 is 1.39 bits per heavy atom. The molecule has 1 heterocycles. The van der Waals surface area contributed by atoms with E-state index in [1.165, 1.54) is 22.4 Å². The van der Waals surface area contributed by atoms with Gasteiger partial charge in [-0.15, -0.1) is 0 Å². The van der Waals surface area contributed by atoms with Crippen molar-refractivity contribution in [1.29, 1.82) is 0 Å². The zero-order valence-corrected chi connectivity index (χ0v) is 17.7. The summed E-state index contributed by atoms with van der Waals surface area (Å²) in [6.07, 6.45) is 3.18. The van der Waals surface area contributed by atoms with Crippen LogP contribution >= 0.6 is 0 Å². The molecule has 0 aliphatic carbocycles. The highest BCUT2D eigenvalue weighted by atomic mass is 16.5. The predicted octanol–water partition coefficient (Wildman–Crippen LogP) is 3.48. The van der Waals surface area contributed by atoms with E-state index in [1.54, 1.807) is 0 Å². The fraction of sp³-hybridized carbons (Fsp3) is 0.500. The summed E-state index contributed by atoms with van der Waals surface area (Å²) in [4.78, 5) is 4.81. The van der Waals surface area contributed by atoms with Gasteiger partial charge in [0.15, 0.2) is 0 Å². The molecular weight excluding hydrogens is 346 g/mol. The standard InChI is InChI=1S/C24H35N3O/c1-4-24(26(2)3,17-20-5-7-22(19-25)8-6-20)18-21-9-11-23(12-10-21)27-13-15-28-16-14-27/h5-12H,4,13-19,25H2,1-3H3. The predicted molar refractivity (Wildman–Crippen MR) is 118 cm³/mol. The Bertz CT molecular complexity index is 721. The third-order valence-electron chi connectivity index (χ3n) is 6.24. The molecule has 2 N–H and O–H groups in total. The first-order chi connectivity index (χ1) is 13.6. The van der Waals surface area contributed by atoms with Gasteiger partial charge in [0, 0.05) is 30.9 Å². The van der Waals surface area contributed by atoms with Crippen LogP contribution in [0.2, 0.25) is 0 Å². The zero-order chi connectivity index (χ0) is 20.0. The summed E-state index contributed by atoms with van der Waals surface area (Å²) < 4.78 is 5.47. The second kappa shape index (κ2) is 9.55. The van der Waals surface area contributed by atoms with Gasteiger partial charge in [0.25, 0.3) is 0 Å². The lowest BCUT2D eigenvalue weighted by molar-refractivity contribution is 0.122. The number of nitrogens with two attached hydrogens (primary N) is 1. The summed E-state index contributed by atoms with van der Waals surface area (Å²) in [7, 11) is 4.42. The molecular formula is C24H35N3O. The normalized spacial score (nSPS) is 17.0. The molecule has 0 radical (unpaired) electrons. The minimum absolute atomic E-state index is 0.102. The van der Waals surface area contributed by atoms with Crippen LogP contribution in [0, 0.1) is 0 Å². The number of benzene rings is 2. The minimum atomic E-state index is 0.102. The Morgan fingerprint density at radius 3 is 1.86 bits per heavy atom. The van der Waals surface area contributed by atoms with Crippen LogP contribution in [0.15, 0.2) is 48.5 Å². The second-order valence-corrected chi connectivity index (χ2v) is 8.11. The maximum atomic E-state index is 5.75. The summed E-state index contributed by atoms with van der Waals surface area (Å²) in [6.45, 7) is 6.51. The molecule has 1 aliphatic rings. The third kappa shape index (κ3) is 4.93. The van der Waals surface area contributed by atoms with E-state index in [2.05, 4.69) is 79.3 Å². The van der Waals surface area contributed by atoms with Gasteiger partial charge in [-0.1, -0.05) is 43.3 Å². The fourth-order valence-electron chi connectivity index (χ4n) is 4.14. The number of morpholine rings is 1. The molecule has 0 aromatic heterocycles. The molecule has 4 heteroatoms. The van der Waals surface area contributed by atoms with Gasteiger partial charge in [-0.3, -0.25) is 0 Å². The number of hydrogen-bond acceptors (Lipinski definition) is 4. The van der Waals surface area contributed by atoms with Crippen molar-refractivity contribution in [3.8, 4) is 0 Å². The largest absolute Gasteiger partial charge is 0.378 e. The van der Waals surface area contributed by atoms with E-state index >= 15 is 0 Å². The molecule has 0 saturated carbocycles. The molecule has 4 nitrogen and oxygen atoms in total. The zero-order valence-electron chi connectivity index (χ0n) is 17.7. The minimum Gasteiger partial charge on any atom is -0.378 e. The highest BCUT2D eigenvalue weighted by Gasteiger charge is 2.31. The number of hydrogen-bond donors (Lipinski definition) is 1. The lowest BCUT2D eigenvalue weighted by Gasteiger charge is -2.40. The lowest BCUT2D eigenvalue weighted by atomic mass is 9.81. The Morgan fingerprint density at radius 1 is 0.893 bits per heavy atom. The molecule has 1 unspecified atom stereocenters. The van der Waals surface area contributed by atoms with Gasteiger partial charge in [-0.05, 0) is 62.2 Å². The fourth-order valence-corrected chi connectivity index (χ4v) is 4.14. The van der Waals surface area contributed by atoms with Gasteiger partial charge in [0.1, 0.15) is 0 Å². The molecule has 28 heavy (non-hydrogen) atoms. The molecule has 2 aromatic rings. The van der Waals surface area contributed by atoms with Crippen molar-refractivity contribution in [1.82, 2.24) is 4.90 Å². The maximum absolute atomic E-state index is 5.75. The molecule has 3 rings (SSSR count). The number of likely N-dealkylation sites (N-methyl/N-ethyl adjacent to an activating group) is 1. The first-order valence-corrected chi connectivity index (χ1v) is 10.4. The summed E-state index contributed by atoms with van der Waals surface area (Å²) in [6, 6.07) is 17.9. The van der Waals surface area contributed by atoms with Crippen LogP contribution in [0.3, 0.4) is 0 Å². The monoisotopic (exact) mass is 381 g/mol. The van der Waals surface area contributed by atoms with Crippen molar-refractivity contribution in [3.05, 3.63) is 65.2 Å². The van der Waals surface area contributed by atoms with E-state index in [-0.39, 0.29) is 5.54 Å². The van der Waals surface area contributed by atoms with Crippen molar-refractivity contribution in [2.45, 2.75) is 38.3 Å². The summed E-state index contributed by atoms with van der Waals surface area (Å²) in [5, 5.41) is 0. The maximum Gasteiger partial charge on any atom is 0.0642 e. The Kier molecular flexibility index (Phi) is 7.11. The first-order valence-electron chi connectivity index (χ1n) is 10.4. The first kappa shape index (κ1) is 20.8. The van der Waals surface area contributed by atoms with Gasteiger partial charge in [0.05, 0.1) is 13.2 Å². The SMILES string of the molecule is CCC(Cc1ccc(CN)cc1)(Cc1ccc(N2CCOCC2)cc1)N(C)C. The van der Waals surface area contributed by atoms with Crippen LogP contribution < -0.4 is 10.6 Å². The third-order valence-corrected chi connectivity index (χ3v) is 6.24. The van der Waals surface area contributed by atoms with Crippen molar-refractivity contribution >= 4 is 5.69 Å². The number of nitrogens with zero attached hydrogens (tertiary/aromatic N) is 2. The molecule has 0 spiro atoms. The number of anilines is 1. The summed E-state index contributed by atoms with van der Waals surface area (Å²) in [5.74, 6) is 0. The Balaban J connectivity index is 1.75. The van der Waals surface area contributed by atoms with Gasteiger partial charge in [0.2, 0.25) is 0 Å². The molecule has 2 aromatic carbocycles. The molecule has 0 amide bonds. The van der Waals surface area contributed by atoms with Gasteiger partial charge < -0.3 is 20.3 Å². The quantitative estimate of drug-likeness (QED) is 0.760. The molecule has 152 valence electrons. The van der Waals surface area contributed by atoms with Crippen molar-refractivity contribution in [2.75, 3.05) is 45.3 Å². The Labute approximate surface area is 170 Å². The van der Waals surface area contributed by atoms with E-state index in [1.807, 2.05) is 0 Å². The average molecular weight is 382 g/mol. The smallest absolute Gasteiger partial charge is 0.0642 e. The van der Waals surface area contributed by atoms with E-state index in [0.717, 1.165) is 45.6 Å². The van der Waals surface area contributed by atoms with Crippen LogP contribution in [0.1, 0.15) is 30.0 Å². The number of ether oxygens (including phenoxy) is 1. The molecule has 1 saturated heterocycles. The van der Waals surface area contributed by atoms with Crippen LogP contribution in [-0.4, -0.2) is 50.8 Å². The van der Waals surface area contributed by atoms with E-state index in [4.69, 9.17) is 10.5 Å². The number of rotatable bonds is 8. The lowest BCUT2D eigenvalue weighted by Crippen LogP contribution is -2.47. The van der Waals surface area contributed by atoms with Crippen molar-refractivity contribution < 1.29 is 4.74 Å². The van der Waals surface area contributed by atoms with Crippen LogP contribution in [0.4, 0.5) is 5.69 Å². The molecule has 1 aliphatic heterocycles. The highest BCUT2D eigenvalue weighted by Crippen LogP contribution is 2.29. The van der Waals surface area contributed by atoms with Crippen LogP contribution in [-0.2, 0) is 24.1 Å². The summed E-state index contributed by atoms with van der Waals surface area (Å²) in [5.41, 5.74) is 11.1. The van der Waals surface area contributed by atoms with Gasteiger partial charge >= 0.3 is 0 Å². The summed E-state index contributed by atoms with van der Waals surface area (Å²) >= 11 is 0. The van der Waals surface area contributed by atoms with Gasteiger partial charge in [-0.2, -0.15) is 0 Å². The molecule has 1 fully saturated rings. The van der Waals surface area contributed by atoms with Crippen molar-refractivity contribution in [3.63, 3.8) is 0 Å². The van der Waals surface area contributed by atoms with Crippen molar-refractivity contribution in [2.24, 2.45) is 5.73 Å². The van der Waals surface area contributed by atoms with Crippen LogP contribution in [0.25, 0.3) is 0 Å². The topological polar surface area (TPSA) is 41.7 Å². The van der Waals surface area contributed by atoms with E-state index in [9.17, 15) is 0 Å². The average Bonchev–Trinajstić information content (AvgIpc) is 2.74. The Hall–Kier alpha value is -1.88. The molecule has 0 bridgehead atoms. The highest BCUT2D eigenvalue weighted by molar-refractivity contribution is 5.48. The van der Waals surface area contributed by atoms with Gasteiger partial charge in [-0.25, -0.2) is 0 Å².